The van der Waals surface area contributed by atoms with Crippen molar-refractivity contribution in [3.05, 3.63) is 45.9 Å². The van der Waals surface area contributed by atoms with Gasteiger partial charge in [0.05, 0.1) is 6.54 Å². The van der Waals surface area contributed by atoms with Crippen LogP contribution in [0.4, 0.5) is 10.5 Å². The van der Waals surface area contributed by atoms with Gasteiger partial charge in [0.1, 0.15) is 10.7 Å². The van der Waals surface area contributed by atoms with Gasteiger partial charge in [0.15, 0.2) is 0 Å². The van der Waals surface area contributed by atoms with Crippen LogP contribution >= 0.6 is 11.3 Å². The predicted molar refractivity (Wildman–Crippen MR) is 106 cm³/mol. The number of hydrogen-bond donors (Lipinski definition) is 2. The Morgan fingerprint density at radius 1 is 1.15 bits per heavy atom. The fraction of sp³-hybridized carbons (Fsp3) is 0.421. The number of hydrogen-bond acceptors (Lipinski definition) is 4. The molecule has 0 saturated carbocycles. The van der Waals surface area contributed by atoms with Crippen molar-refractivity contribution in [2.45, 2.75) is 53.2 Å². The van der Waals surface area contributed by atoms with Crippen LogP contribution in [0.3, 0.4) is 0 Å². The number of urea groups is 1. The summed E-state index contributed by atoms with van der Waals surface area (Å²) < 4.78 is 0. The Bertz CT molecular complexity index is 753. The largest absolute Gasteiger partial charge is 0.349 e. The monoisotopic (exact) mass is 374 g/mol. The third-order valence-electron chi connectivity index (χ3n) is 3.70. The molecule has 0 unspecified atom stereocenters. The second-order valence-corrected chi connectivity index (χ2v) is 7.72. The number of aromatic nitrogens is 1. The number of aryl methyl sites for hydroxylation is 1. The summed E-state index contributed by atoms with van der Waals surface area (Å²) in [5.74, 6) is -0.192. The number of carbonyl (C=O) groups excluding carboxylic acids is 2. The van der Waals surface area contributed by atoms with Crippen LogP contribution < -0.4 is 10.6 Å². The average Bonchev–Trinajstić information content (AvgIpc) is 3.02. The van der Waals surface area contributed by atoms with Gasteiger partial charge in [-0.25, -0.2) is 9.78 Å². The number of anilines is 1. The van der Waals surface area contributed by atoms with Crippen molar-refractivity contribution in [3.8, 4) is 0 Å². The molecule has 26 heavy (non-hydrogen) atoms. The number of nitrogens with one attached hydrogen (secondary N) is 2. The molecular formula is C19H26N4O2S. The molecule has 0 aliphatic carbocycles. The van der Waals surface area contributed by atoms with Gasteiger partial charge in [-0.1, -0.05) is 17.7 Å². The second kappa shape index (κ2) is 8.80. The van der Waals surface area contributed by atoms with Crippen molar-refractivity contribution < 1.29 is 9.59 Å². The molecule has 0 aliphatic rings. The van der Waals surface area contributed by atoms with E-state index in [0.717, 1.165) is 16.3 Å². The third-order valence-corrected chi connectivity index (χ3v) is 4.53. The normalized spacial score (nSPS) is 10.9. The molecule has 1 aromatic heterocycles. The van der Waals surface area contributed by atoms with Crippen molar-refractivity contribution in [2.24, 2.45) is 0 Å². The standard InChI is InChI=1S/C19H26N4O2S/c1-12(2)20-18(24)16-11-26-17(22-16)10-23(13(3)4)19(25)21-15-8-6-14(5)7-9-15/h6-9,11-13H,10H2,1-5H3,(H,20,24)(H,21,25). The molecule has 1 aromatic carbocycles. The van der Waals surface area contributed by atoms with E-state index in [-0.39, 0.29) is 24.0 Å². The lowest BCUT2D eigenvalue weighted by Crippen LogP contribution is -2.39. The molecule has 0 spiro atoms. The van der Waals surface area contributed by atoms with Crippen LogP contribution in [0.5, 0.6) is 0 Å². The summed E-state index contributed by atoms with van der Waals surface area (Å²) in [6.45, 7) is 10.1. The van der Waals surface area contributed by atoms with E-state index in [1.165, 1.54) is 11.3 Å². The maximum absolute atomic E-state index is 12.6. The highest BCUT2D eigenvalue weighted by molar-refractivity contribution is 7.09. The number of rotatable bonds is 6. The first-order chi connectivity index (χ1) is 12.3. The van der Waals surface area contributed by atoms with Gasteiger partial charge in [-0.3, -0.25) is 4.79 Å². The van der Waals surface area contributed by atoms with E-state index >= 15 is 0 Å². The minimum absolute atomic E-state index is 0.00251. The average molecular weight is 375 g/mol. The van der Waals surface area contributed by atoms with Crippen LogP contribution in [-0.2, 0) is 6.54 Å². The summed E-state index contributed by atoms with van der Waals surface area (Å²) in [5.41, 5.74) is 2.28. The molecule has 3 amide bonds. The van der Waals surface area contributed by atoms with Crippen molar-refractivity contribution in [3.63, 3.8) is 0 Å². The van der Waals surface area contributed by atoms with Gasteiger partial charge in [-0.2, -0.15) is 0 Å². The smallest absolute Gasteiger partial charge is 0.322 e. The van der Waals surface area contributed by atoms with Crippen LogP contribution in [0, 0.1) is 6.92 Å². The molecule has 140 valence electrons. The topological polar surface area (TPSA) is 74.3 Å². The molecule has 7 heteroatoms. The Balaban J connectivity index is 2.06. The van der Waals surface area contributed by atoms with Crippen molar-refractivity contribution in [2.75, 3.05) is 5.32 Å². The van der Waals surface area contributed by atoms with Crippen LogP contribution in [0.2, 0.25) is 0 Å². The molecule has 2 rings (SSSR count). The van der Waals surface area contributed by atoms with E-state index in [9.17, 15) is 9.59 Å². The van der Waals surface area contributed by atoms with Crippen LogP contribution in [-0.4, -0.2) is 33.9 Å². The molecule has 2 N–H and O–H groups in total. The molecule has 0 fully saturated rings. The van der Waals surface area contributed by atoms with E-state index in [2.05, 4.69) is 15.6 Å². The summed E-state index contributed by atoms with van der Waals surface area (Å²) >= 11 is 1.38. The third kappa shape index (κ3) is 5.56. The maximum atomic E-state index is 12.6. The van der Waals surface area contributed by atoms with Gasteiger partial charge in [0.2, 0.25) is 0 Å². The number of nitrogens with zero attached hydrogens (tertiary/aromatic N) is 2. The minimum atomic E-state index is -0.192. The Hall–Kier alpha value is -2.41. The molecule has 1 heterocycles. The quantitative estimate of drug-likeness (QED) is 0.801. The molecule has 0 saturated heterocycles. The maximum Gasteiger partial charge on any atom is 0.322 e. The molecule has 2 aromatic rings. The van der Waals surface area contributed by atoms with Crippen LogP contribution in [0.15, 0.2) is 29.6 Å². The van der Waals surface area contributed by atoms with Crippen LogP contribution in [0.25, 0.3) is 0 Å². The second-order valence-electron chi connectivity index (χ2n) is 6.77. The summed E-state index contributed by atoms with van der Waals surface area (Å²) in [4.78, 5) is 30.7. The summed E-state index contributed by atoms with van der Waals surface area (Å²) in [6, 6.07) is 7.53. The fourth-order valence-electron chi connectivity index (χ4n) is 2.29. The molecule has 0 aliphatic heterocycles. The van der Waals surface area contributed by atoms with E-state index in [1.807, 2.05) is 58.9 Å². The summed E-state index contributed by atoms with van der Waals surface area (Å²) in [5, 5.41) is 8.19. The molecule has 0 radical (unpaired) electrons. The van der Waals surface area contributed by atoms with E-state index in [4.69, 9.17) is 0 Å². The van der Waals surface area contributed by atoms with Gasteiger partial charge >= 0.3 is 6.03 Å². The Morgan fingerprint density at radius 2 is 1.81 bits per heavy atom. The summed E-state index contributed by atoms with van der Waals surface area (Å²) in [7, 11) is 0. The highest BCUT2D eigenvalue weighted by atomic mass is 32.1. The van der Waals surface area contributed by atoms with Crippen LogP contribution in [0.1, 0.15) is 48.8 Å². The zero-order valence-electron chi connectivity index (χ0n) is 15.9. The zero-order valence-corrected chi connectivity index (χ0v) is 16.7. The first-order valence-corrected chi connectivity index (χ1v) is 9.53. The molecule has 0 atom stereocenters. The number of benzene rings is 1. The van der Waals surface area contributed by atoms with E-state index < -0.39 is 0 Å². The number of amides is 3. The first kappa shape index (κ1) is 19.9. The highest BCUT2D eigenvalue weighted by Gasteiger charge is 2.20. The minimum Gasteiger partial charge on any atom is -0.349 e. The van der Waals surface area contributed by atoms with Gasteiger partial charge in [-0.05, 0) is 46.8 Å². The first-order valence-electron chi connectivity index (χ1n) is 8.65. The Labute approximate surface area is 158 Å². The highest BCUT2D eigenvalue weighted by Crippen LogP contribution is 2.16. The zero-order chi connectivity index (χ0) is 19.3. The lowest BCUT2D eigenvalue weighted by Gasteiger charge is -2.26. The van der Waals surface area contributed by atoms with Gasteiger partial charge in [0, 0.05) is 23.2 Å². The predicted octanol–water partition coefficient (Wildman–Crippen LogP) is 4.03. The molecule has 6 nitrogen and oxygen atoms in total. The molecular weight excluding hydrogens is 348 g/mol. The van der Waals surface area contributed by atoms with Crippen molar-refractivity contribution in [1.29, 1.82) is 0 Å². The van der Waals surface area contributed by atoms with E-state index in [0.29, 0.717) is 12.2 Å². The lowest BCUT2D eigenvalue weighted by molar-refractivity contribution is 0.0938. The van der Waals surface area contributed by atoms with Gasteiger partial charge in [0.25, 0.3) is 5.91 Å². The Morgan fingerprint density at radius 3 is 2.38 bits per heavy atom. The Kier molecular flexibility index (Phi) is 6.74. The van der Waals surface area contributed by atoms with Gasteiger partial charge in [-0.15, -0.1) is 11.3 Å². The van der Waals surface area contributed by atoms with E-state index in [1.54, 1.807) is 10.3 Å². The van der Waals surface area contributed by atoms with Crippen molar-refractivity contribution in [1.82, 2.24) is 15.2 Å². The van der Waals surface area contributed by atoms with Crippen molar-refractivity contribution >= 4 is 29.0 Å². The lowest BCUT2D eigenvalue weighted by atomic mass is 10.2. The molecule has 0 bridgehead atoms. The van der Waals surface area contributed by atoms with Gasteiger partial charge < -0.3 is 15.5 Å². The number of carbonyl (C=O) groups is 2. The SMILES string of the molecule is Cc1ccc(NC(=O)N(Cc2nc(C(=O)NC(C)C)cs2)C(C)C)cc1. The summed E-state index contributed by atoms with van der Waals surface area (Å²) in [6.07, 6.45) is 0. The fourth-order valence-corrected chi connectivity index (χ4v) is 3.06. The number of thiazole rings is 1.